The molecule has 3 nitrogen and oxygen atoms in total. The third kappa shape index (κ3) is 5.47. The van der Waals surface area contributed by atoms with E-state index < -0.39 is 0 Å². The number of benzene rings is 1. The van der Waals surface area contributed by atoms with Crippen molar-refractivity contribution in [3.63, 3.8) is 0 Å². The highest BCUT2D eigenvalue weighted by Gasteiger charge is 2.11. The van der Waals surface area contributed by atoms with Gasteiger partial charge in [0.05, 0.1) is 0 Å². The van der Waals surface area contributed by atoms with Crippen molar-refractivity contribution in [3.8, 4) is 0 Å². The SMILES string of the molecule is CCCNCc1c(F)cccc1N(C)CCCN(C)C. The molecule has 0 saturated carbocycles. The molecule has 0 unspecified atom stereocenters. The van der Waals surface area contributed by atoms with E-state index in [1.54, 1.807) is 12.1 Å². The zero-order valence-corrected chi connectivity index (χ0v) is 13.2. The minimum absolute atomic E-state index is 0.120. The van der Waals surface area contributed by atoms with Gasteiger partial charge in [-0.15, -0.1) is 0 Å². The molecule has 20 heavy (non-hydrogen) atoms. The van der Waals surface area contributed by atoms with Gasteiger partial charge in [0.25, 0.3) is 0 Å². The van der Waals surface area contributed by atoms with Crippen molar-refractivity contribution in [1.82, 2.24) is 10.2 Å². The Kier molecular flexibility index (Phi) is 7.55. The first-order valence-electron chi connectivity index (χ1n) is 7.40. The van der Waals surface area contributed by atoms with Gasteiger partial charge in [0.1, 0.15) is 5.82 Å². The maximum atomic E-state index is 14.0. The summed E-state index contributed by atoms with van der Waals surface area (Å²) in [6.07, 6.45) is 2.13. The normalized spacial score (nSPS) is 11.1. The van der Waals surface area contributed by atoms with Crippen LogP contribution in [0.1, 0.15) is 25.3 Å². The Morgan fingerprint density at radius 3 is 2.55 bits per heavy atom. The number of hydrogen-bond donors (Lipinski definition) is 1. The summed E-state index contributed by atoms with van der Waals surface area (Å²) in [7, 11) is 6.18. The van der Waals surface area contributed by atoms with Crippen molar-refractivity contribution in [2.45, 2.75) is 26.3 Å². The van der Waals surface area contributed by atoms with Gasteiger partial charge in [0.15, 0.2) is 0 Å². The summed E-state index contributed by atoms with van der Waals surface area (Å²) >= 11 is 0. The van der Waals surface area contributed by atoms with Gasteiger partial charge in [-0.05, 0) is 52.2 Å². The third-order valence-electron chi connectivity index (χ3n) is 3.33. The largest absolute Gasteiger partial charge is 0.374 e. The molecule has 1 rings (SSSR count). The van der Waals surface area contributed by atoms with E-state index in [0.29, 0.717) is 6.54 Å². The molecule has 0 aromatic heterocycles. The molecule has 0 aliphatic heterocycles. The second-order valence-corrected chi connectivity index (χ2v) is 5.49. The fraction of sp³-hybridized carbons (Fsp3) is 0.625. The van der Waals surface area contributed by atoms with E-state index in [1.807, 2.05) is 13.1 Å². The van der Waals surface area contributed by atoms with Crippen molar-refractivity contribution in [3.05, 3.63) is 29.6 Å². The second kappa shape index (κ2) is 8.93. The molecular formula is C16H28FN3. The first-order chi connectivity index (χ1) is 9.56. The highest BCUT2D eigenvalue weighted by Crippen LogP contribution is 2.22. The van der Waals surface area contributed by atoms with Crippen molar-refractivity contribution >= 4 is 5.69 Å². The molecule has 0 radical (unpaired) electrons. The maximum Gasteiger partial charge on any atom is 0.129 e. The van der Waals surface area contributed by atoms with E-state index >= 15 is 0 Å². The average molecular weight is 281 g/mol. The number of halogens is 1. The summed E-state index contributed by atoms with van der Waals surface area (Å²) in [6, 6.07) is 5.33. The lowest BCUT2D eigenvalue weighted by Crippen LogP contribution is -2.25. The molecule has 0 saturated heterocycles. The Hall–Kier alpha value is -1.13. The van der Waals surface area contributed by atoms with Gasteiger partial charge in [-0.3, -0.25) is 0 Å². The van der Waals surface area contributed by atoms with Crippen LogP contribution in [0.4, 0.5) is 10.1 Å². The van der Waals surface area contributed by atoms with Crippen LogP contribution in [0, 0.1) is 5.82 Å². The van der Waals surface area contributed by atoms with Crippen molar-refractivity contribution in [1.29, 1.82) is 0 Å². The summed E-state index contributed by atoms with van der Waals surface area (Å²) in [5.74, 6) is -0.120. The number of anilines is 1. The summed E-state index contributed by atoms with van der Waals surface area (Å²) < 4.78 is 14.0. The first kappa shape index (κ1) is 16.9. The fourth-order valence-corrected chi connectivity index (χ4v) is 2.21. The Morgan fingerprint density at radius 1 is 1.15 bits per heavy atom. The van der Waals surface area contributed by atoms with Gasteiger partial charge in [0.2, 0.25) is 0 Å². The standard InChI is InChI=1S/C16H28FN3/c1-5-10-18-13-14-15(17)8-6-9-16(14)20(4)12-7-11-19(2)3/h6,8-9,18H,5,7,10-13H2,1-4H3. The second-order valence-electron chi connectivity index (χ2n) is 5.49. The van der Waals surface area contributed by atoms with Crippen LogP contribution in [-0.4, -0.2) is 45.7 Å². The highest BCUT2D eigenvalue weighted by molar-refractivity contribution is 5.53. The van der Waals surface area contributed by atoms with Crippen LogP contribution < -0.4 is 10.2 Å². The van der Waals surface area contributed by atoms with Crippen molar-refractivity contribution < 1.29 is 4.39 Å². The molecule has 0 amide bonds. The lowest BCUT2D eigenvalue weighted by Gasteiger charge is -2.24. The predicted octanol–water partition coefficient (Wildman–Crippen LogP) is 2.71. The smallest absolute Gasteiger partial charge is 0.129 e. The number of nitrogens with one attached hydrogen (secondary N) is 1. The van der Waals surface area contributed by atoms with E-state index in [2.05, 4.69) is 36.1 Å². The number of nitrogens with zero attached hydrogens (tertiary/aromatic N) is 2. The van der Waals surface area contributed by atoms with Gasteiger partial charge in [-0.25, -0.2) is 4.39 Å². The zero-order valence-electron chi connectivity index (χ0n) is 13.2. The molecule has 0 fully saturated rings. The van der Waals surface area contributed by atoms with Crippen LogP contribution in [0.2, 0.25) is 0 Å². The van der Waals surface area contributed by atoms with E-state index in [4.69, 9.17) is 0 Å². The van der Waals surface area contributed by atoms with Gasteiger partial charge < -0.3 is 15.1 Å². The fourth-order valence-electron chi connectivity index (χ4n) is 2.21. The lowest BCUT2D eigenvalue weighted by atomic mass is 10.1. The van der Waals surface area contributed by atoms with Gasteiger partial charge >= 0.3 is 0 Å². The van der Waals surface area contributed by atoms with E-state index in [0.717, 1.165) is 43.7 Å². The summed E-state index contributed by atoms with van der Waals surface area (Å²) in [5, 5.41) is 3.29. The Balaban J connectivity index is 2.69. The van der Waals surface area contributed by atoms with Crippen LogP contribution in [0.15, 0.2) is 18.2 Å². The lowest BCUT2D eigenvalue weighted by molar-refractivity contribution is 0.401. The molecule has 0 bridgehead atoms. The van der Waals surface area contributed by atoms with Gasteiger partial charge in [-0.1, -0.05) is 13.0 Å². The minimum atomic E-state index is -0.120. The highest BCUT2D eigenvalue weighted by atomic mass is 19.1. The molecule has 1 aromatic rings. The first-order valence-corrected chi connectivity index (χ1v) is 7.40. The Morgan fingerprint density at radius 2 is 1.90 bits per heavy atom. The topological polar surface area (TPSA) is 18.5 Å². The molecular weight excluding hydrogens is 253 g/mol. The molecule has 0 atom stereocenters. The zero-order chi connectivity index (χ0) is 15.0. The van der Waals surface area contributed by atoms with Crippen molar-refractivity contribution in [2.75, 3.05) is 45.7 Å². The predicted molar refractivity (Wildman–Crippen MR) is 84.8 cm³/mol. The average Bonchev–Trinajstić information content (AvgIpc) is 2.40. The molecule has 0 aliphatic carbocycles. The molecule has 0 heterocycles. The van der Waals surface area contributed by atoms with Crippen LogP contribution in [0.5, 0.6) is 0 Å². The van der Waals surface area contributed by atoms with E-state index in [-0.39, 0.29) is 5.82 Å². The van der Waals surface area contributed by atoms with E-state index in [1.165, 1.54) is 0 Å². The number of hydrogen-bond acceptors (Lipinski definition) is 3. The van der Waals surface area contributed by atoms with Crippen LogP contribution >= 0.6 is 0 Å². The Bertz CT molecular complexity index is 393. The monoisotopic (exact) mass is 281 g/mol. The van der Waals surface area contributed by atoms with Gasteiger partial charge in [0, 0.05) is 31.4 Å². The number of rotatable bonds is 9. The van der Waals surface area contributed by atoms with Crippen LogP contribution in [-0.2, 0) is 6.54 Å². The molecule has 1 N–H and O–H groups in total. The summed E-state index contributed by atoms with van der Waals surface area (Å²) in [4.78, 5) is 4.32. The van der Waals surface area contributed by atoms with Crippen molar-refractivity contribution in [2.24, 2.45) is 0 Å². The summed E-state index contributed by atoms with van der Waals surface area (Å²) in [5.41, 5.74) is 1.76. The maximum absolute atomic E-state index is 14.0. The van der Waals surface area contributed by atoms with Crippen LogP contribution in [0.25, 0.3) is 0 Å². The molecule has 0 spiro atoms. The summed E-state index contributed by atoms with van der Waals surface area (Å²) in [6.45, 7) is 5.60. The molecule has 0 aliphatic rings. The quantitative estimate of drug-likeness (QED) is 0.702. The Labute approximate surface area is 122 Å². The third-order valence-corrected chi connectivity index (χ3v) is 3.33. The molecule has 4 heteroatoms. The molecule has 114 valence electrons. The molecule has 1 aromatic carbocycles. The minimum Gasteiger partial charge on any atom is -0.374 e. The van der Waals surface area contributed by atoms with E-state index in [9.17, 15) is 4.39 Å². The van der Waals surface area contributed by atoms with Gasteiger partial charge in [-0.2, -0.15) is 0 Å². The van der Waals surface area contributed by atoms with Crippen LogP contribution in [0.3, 0.4) is 0 Å².